The zero-order valence-electron chi connectivity index (χ0n) is 8.81. The van der Waals surface area contributed by atoms with Crippen molar-refractivity contribution in [3.8, 4) is 0 Å². The third-order valence-electron chi connectivity index (χ3n) is 2.31. The fourth-order valence-corrected chi connectivity index (χ4v) is 3.26. The summed E-state index contributed by atoms with van der Waals surface area (Å²) in [6, 6.07) is 5.04. The van der Waals surface area contributed by atoms with Crippen molar-refractivity contribution in [3.05, 3.63) is 57.0 Å². The van der Waals surface area contributed by atoms with Gasteiger partial charge in [-0.25, -0.2) is 13.2 Å². The molecule has 0 radical (unpaired) electrons. The van der Waals surface area contributed by atoms with Gasteiger partial charge >= 0.3 is 0 Å². The third-order valence-corrected chi connectivity index (χ3v) is 4.63. The minimum absolute atomic E-state index is 0.159. The molecule has 0 fully saturated rings. The molecule has 0 amide bonds. The van der Waals surface area contributed by atoms with Crippen molar-refractivity contribution in [1.82, 2.24) is 0 Å². The number of halogens is 4. The average molecular weight is 321 g/mol. The number of hydrogen-bond donors (Lipinski definition) is 0. The molecule has 0 saturated heterocycles. The van der Waals surface area contributed by atoms with E-state index in [0.717, 1.165) is 9.75 Å². The Morgan fingerprint density at radius 3 is 2.18 bits per heavy atom. The Morgan fingerprint density at radius 1 is 1.12 bits per heavy atom. The number of hydrogen-bond acceptors (Lipinski definition) is 1. The van der Waals surface area contributed by atoms with Crippen LogP contribution in [0, 0.1) is 24.4 Å². The lowest BCUT2D eigenvalue weighted by Gasteiger charge is -2.10. The van der Waals surface area contributed by atoms with Gasteiger partial charge in [0.1, 0.15) is 17.5 Å². The molecule has 0 nitrogen and oxygen atoms in total. The second-order valence-corrected chi connectivity index (χ2v) is 5.83. The van der Waals surface area contributed by atoms with E-state index in [1.807, 2.05) is 13.0 Å². The molecular weight excluding hydrogens is 313 g/mol. The Bertz CT molecular complexity index is 527. The van der Waals surface area contributed by atoms with Crippen LogP contribution in [0.1, 0.15) is 20.1 Å². The molecule has 1 aromatic carbocycles. The van der Waals surface area contributed by atoms with Gasteiger partial charge in [0.2, 0.25) is 0 Å². The minimum Gasteiger partial charge on any atom is -0.207 e. The molecule has 0 spiro atoms. The van der Waals surface area contributed by atoms with Gasteiger partial charge in [-0.3, -0.25) is 0 Å². The largest absolute Gasteiger partial charge is 0.207 e. The highest BCUT2D eigenvalue weighted by Crippen LogP contribution is 2.37. The van der Waals surface area contributed by atoms with Crippen LogP contribution >= 0.6 is 27.3 Å². The van der Waals surface area contributed by atoms with E-state index < -0.39 is 22.3 Å². The summed E-state index contributed by atoms with van der Waals surface area (Å²) in [4.78, 5) is 1.24. The van der Waals surface area contributed by atoms with Gasteiger partial charge in [0.05, 0.1) is 4.83 Å². The van der Waals surface area contributed by atoms with Crippen LogP contribution < -0.4 is 0 Å². The molecule has 90 valence electrons. The molecule has 0 N–H and O–H groups in total. The Morgan fingerprint density at radius 2 is 1.71 bits per heavy atom. The second-order valence-electron chi connectivity index (χ2n) is 3.59. The molecule has 2 rings (SSSR count). The van der Waals surface area contributed by atoms with E-state index >= 15 is 0 Å². The predicted octanol–water partition coefficient (Wildman–Crippen LogP) is 4.96. The van der Waals surface area contributed by atoms with Crippen molar-refractivity contribution in [3.63, 3.8) is 0 Å². The zero-order chi connectivity index (χ0) is 12.6. The van der Waals surface area contributed by atoms with Crippen LogP contribution in [0.5, 0.6) is 0 Å². The maximum atomic E-state index is 13.5. The Labute approximate surface area is 109 Å². The van der Waals surface area contributed by atoms with Crippen molar-refractivity contribution in [2.75, 3.05) is 0 Å². The molecule has 0 aliphatic rings. The van der Waals surface area contributed by atoms with E-state index in [9.17, 15) is 13.2 Å². The smallest absolute Gasteiger partial charge is 0.133 e. The molecule has 0 saturated carbocycles. The SMILES string of the molecule is Cc1ccc(C(Br)c2c(F)cc(F)cc2F)s1. The number of aryl methyl sites for hydroxylation is 1. The molecular formula is C12H8BrF3S. The normalized spacial score (nSPS) is 12.8. The Hall–Kier alpha value is -0.810. The molecule has 17 heavy (non-hydrogen) atoms. The van der Waals surface area contributed by atoms with Gasteiger partial charge < -0.3 is 0 Å². The standard InChI is InChI=1S/C12H8BrF3S/c1-6-2-3-10(17-6)12(13)11-8(15)4-7(14)5-9(11)16/h2-5,12H,1H3. The molecule has 2 aromatic rings. The van der Waals surface area contributed by atoms with Gasteiger partial charge in [0.25, 0.3) is 0 Å². The maximum Gasteiger partial charge on any atom is 0.133 e. The van der Waals surface area contributed by atoms with Crippen LogP contribution in [0.2, 0.25) is 0 Å². The number of alkyl halides is 1. The van der Waals surface area contributed by atoms with Crippen LogP contribution in [0.4, 0.5) is 13.2 Å². The molecule has 0 bridgehead atoms. The monoisotopic (exact) mass is 320 g/mol. The van der Waals surface area contributed by atoms with E-state index in [4.69, 9.17) is 0 Å². The topological polar surface area (TPSA) is 0 Å². The van der Waals surface area contributed by atoms with Crippen molar-refractivity contribution in [2.45, 2.75) is 11.8 Å². The van der Waals surface area contributed by atoms with Crippen LogP contribution in [-0.4, -0.2) is 0 Å². The van der Waals surface area contributed by atoms with Crippen LogP contribution in [0.15, 0.2) is 24.3 Å². The molecule has 1 atom stereocenters. The summed E-state index contributed by atoms with van der Waals surface area (Å²) in [7, 11) is 0. The summed E-state index contributed by atoms with van der Waals surface area (Å²) in [6.45, 7) is 1.91. The second kappa shape index (κ2) is 4.82. The van der Waals surface area contributed by atoms with E-state index in [-0.39, 0.29) is 5.56 Å². The van der Waals surface area contributed by atoms with Crippen molar-refractivity contribution >= 4 is 27.3 Å². The number of thiophene rings is 1. The van der Waals surface area contributed by atoms with Gasteiger partial charge in [0.15, 0.2) is 0 Å². The van der Waals surface area contributed by atoms with Gasteiger partial charge in [-0.2, -0.15) is 0 Å². The summed E-state index contributed by atoms with van der Waals surface area (Å²) >= 11 is 4.68. The summed E-state index contributed by atoms with van der Waals surface area (Å²) in [5, 5.41) is 0. The third kappa shape index (κ3) is 2.55. The fraction of sp³-hybridized carbons (Fsp3) is 0.167. The average Bonchev–Trinajstić information content (AvgIpc) is 2.63. The first-order chi connectivity index (χ1) is 7.99. The lowest BCUT2D eigenvalue weighted by molar-refractivity contribution is 0.528. The van der Waals surface area contributed by atoms with Gasteiger partial charge in [-0.1, -0.05) is 15.9 Å². The zero-order valence-corrected chi connectivity index (χ0v) is 11.2. The van der Waals surface area contributed by atoms with E-state index in [1.165, 1.54) is 11.3 Å². The maximum absolute atomic E-state index is 13.5. The minimum atomic E-state index is -0.911. The fourth-order valence-electron chi connectivity index (χ4n) is 1.53. The highest BCUT2D eigenvalue weighted by molar-refractivity contribution is 9.09. The first-order valence-corrected chi connectivity index (χ1v) is 6.57. The Balaban J connectivity index is 2.47. The quantitative estimate of drug-likeness (QED) is 0.686. The summed E-state index contributed by atoms with van der Waals surface area (Å²) in [5.74, 6) is -2.67. The van der Waals surface area contributed by atoms with Crippen molar-refractivity contribution in [2.24, 2.45) is 0 Å². The first kappa shape index (κ1) is 12.6. The van der Waals surface area contributed by atoms with Gasteiger partial charge in [-0.05, 0) is 19.1 Å². The first-order valence-electron chi connectivity index (χ1n) is 4.84. The molecule has 5 heteroatoms. The van der Waals surface area contributed by atoms with E-state index in [2.05, 4.69) is 15.9 Å². The van der Waals surface area contributed by atoms with E-state index in [0.29, 0.717) is 12.1 Å². The van der Waals surface area contributed by atoms with E-state index in [1.54, 1.807) is 6.07 Å². The lowest BCUT2D eigenvalue weighted by Crippen LogP contribution is -2.00. The van der Waals surface area contributed by atoms with Gasteiger partial charge in [0, 0.05) is 27.5 Å². The highest BCUT2D eigenvalue weighted by Gasteiger charge is 2.21. The summed E-state index contributed by atoms with van der Waals surface area (Å²) < 4.78 is 39.9. The molecule has 1 aromatic heterocycles. The number of rotatable bonds is 2. The predicted molar refractivity (Wildman–Crippen MR) is 66.1 cm³/mol. The Kier molecular flexibility index (Phi) is 3.58. The molecule has 1 heterocycles. The van der Waals surface area contributed by atoms with Crippen molar-refractivity contribution < 1.29 is 13.2 Å². The highest BCUT2D eigenvalue weighted by atomic mass is 79.9. The summed E-state index contributed by atoms with van der Waals surface area (Å²) in [5.41, 5.74) is -0.159. The lowest BCUT2D eigenvalue weighted by atomic mass is 10.1. The van der Waals surface area contributed by atoms with Crippen molar-refractivity contribution in [1.29, 1.82) is 0 Å². The van der Waals surface area contributed by atoms with Crippen LogP contribution in [-0.2, 0) is 0 Å². The van der Waals surface area contributed by atoms with Crippen LogP contribution in [0.25, 0.3) is 0 Å². The number of benzene rings is 1. The van der Waals surface area contributed by atoms with Gasteiger partial charge in [-0.15, -0.1) is 11.3 Å². The molecule has 1 unspecified atom stereocenters. The van der Waals surface area contributed by atoms with Crippen LogP contribution in [0.3, 0.4) is 0 Å². The molecule has 0 aliphatic heterocycles. The molecule has 0 aliphatic carbocycles. The summed E-state index contributed by atoms with van der Waals surface area (Å²) in [6.07, 6.45) is 0.